The molecule has 2 aliphatic heterocycles. The zero-order chi connectivity index (χ0) is 26.7. The number of hydrogen-bond donors (Lipinski definition) is 2. The number of nitrogens with one attached hydrogen (secondary N) is 1. The third kappa shape index (κ3) is 6.28. The summed E-state index contributed by atoms with van der Waals surface area (Å²) in [6.45, 7) is 1.72. The third-order valence-electron chi connectivity index (χ3n) is 7.11. The van der Waals surface area contributed by atoms with Crippen LogP contribution < -0.4 is 10.2 Å². The van der Waals surface area contributed by atoms with Crippen molar-refractivity contribution in [3.05, 3.63) is 54.0 Å². The van der Waals surface area contributed by atoms with Gasteiger partial charge in [-0.05, 0) is 62.1 Å². The predicted octanol–water partition coefficient (Wildman–Crippen LogP) is 3.40. The highest BCUT2D eigenvalue weighted by Gasteiger charge is 2.50. The second kappa shape index (κ2) is 11.0. The van der Waals surface area contributed by atoms with Crippen molar-refractivity contribution in [1.29, 1.82) is 0 Å². The number of benzene rings is 1. The first kappa shape index (κ1) is 27.4. The van der Waals surface area contributed by atoms with Gasteiger partial charge in [0.05, 0.1) is 23.1 Å². The molecule has 1 aromatic heterocycles. The maximum atomic E-state index is 13.8. The molecule has 204 valence electrons. The van der Waals surface area contributed by atoms with Crippen molar-refractivity contribution in [2.45, 2.75) is 55.7 Å². The first-order valence-corrected chi connectivity index (χ1v) is 13.5. The van der Waals surface area contributed by atoms with Crippen LogP contribution in [-0.2, 0) is 27.5 Å². The third-order valence-corrected chi connectivity index (χ3v) is 9.80. The zero-order valence-corrected chi connectivity index (χ0v) is 20.9. The fourth-order valence-electron chi connectivity index (χ4n) is 4.98. The summed E-state index contributed by atoms with van der Waals surface area (Å²) in [5.74, 6) is 0.288. The number of hydrogen-bond acceptors (Lipinski definition) is 7. The van der Waals surface area contributed by atoms with Crippen LogP contribution in [0.3, 0.4) is 0 Å². The summed E-state index contributed by atoms with van der Waals surface area (Å²) in [5, 5.41) is 9.11. The van der Waals surface area contributed by atoms with Crippen LogP contribution in [-0.4, -0.2) is 65.8 Å². The van der Waals surface area contributed by atoms with Crippen LogP contribution in [0.4, 0.5) is 13.2 Å². The van der Waals surface area contributed by atoms with Gasteiger partial charge in [-0.3, -0.25) is 14.9 Å². The molecule has 37 heavy (non-hydrogen) atoms. The van der Waals surface area contributed by atoms with Gasteiger partial charge < -0.3 is 9.15 Å². The molecule has 0 spiro atoms. The summed E-state index contributed by atoms with van der Waals surface area (Å²) < 4.78 is 77.1. The van der Waals surface area contributed by atoms with Crippen LogP contribution in [0.25, 0.3) is 0 Å². The van der Waals surface area contributed by atoms with E-state index < -0.39 is 32.4 Å². The Hall–Kier alpha value is -2.61. The fraction of sp³-hybridized carbons (Fsp3) is 0.542. The lowest BCUT2D eigenvalue weighted by Crippen LogP contribution is -2.57. The molecule has 13 heteroatoms. The maximum Gasteiger partial charge on any atom is 0.416 e. The molecule has 4 rings (SSSR count). The van der Waals surface area contributed by atoms with Gasteiger partial charge in [0.2, 0.25) is 15.9 Å². The Kier molecular flexibility index (Phi) is 8.17. The van der Waals surface area contributed by atoms with Crippen LogP contribution in [0.15, 0.2) is 47.1 Å². The highest BCUT2D eigenvalue weighted by molar-refractivity contribution is 7.90. The Balaban J connectivity index is 1.39. The van der Waals surface area contributed by atoms with Crippen LogP contribution in [0.1, 0.15) is 43.4 Å². The molecule has 3 heterocycles. The van der Waals surface area contributed by atoms with Crippen LogP contribution in [0.5, 0.6) is 5.75 Å². The van der Waals surface area contributed by atoms with E-state index in [0.29, 0.717) is 32.5 Å². The largest absolute Gasteiger partial charge is 0.490 e. The van der Waals surface area contributed by atoms with E-state index in [1.807, 2.05) is 6.07 Å². The lowest BCUT2D eigenvalue weighted by Gasteiger charge is -2.44. The number of carbonyl (C=O) groups is 1. The zero-order valence-electron chi connectivity index (χ0n) is 20.1. The number of nitrogens with zero attached hydrogens (tertiary/aromatic N) is 2. The molecule has 2 N–H and O–H groups in total. The molecule has 2 aliphatic rings. The molecule has 0 bridgehead atoms. The van der Waals surface area contributed by atoms with Crippen molar-refractivity contribution >= 4 is 15.9 Å². The summed E-state index contributed by atoms with van der Waals surface area (Å²) in [7, 11) is -3.92. The summed E-state index contributed by atoms with van der Waals surface area (Å²) >= 11 is 0. The number of amides is 1. The van der Waals surface area contributed by atoms with Gasteiger partial charge in [-0.1, -0.05) is 0 Å². The van der Waals surface area contributed by atoms with E-state index in [1.54, 1.807) is 17.8 Å². The number of ether oxygens (including phenoxy) is 1. The second-order valence-electron chi connectivity index (χ2n) is 9.49. The molecular formula is C24H30F3N3O6S. The fourth-order valence-corrected chi connectivity index (χ4v) is 7.23. The van der Waals surface area contributed by atoms with Gasteiger partial charge in [-0.15, -0.1) is 0 Å². The standard InChI is InChI=1S/C24H30F3N3O6S/c25-24(26,27)18-3-5-19(6-4-18)36-20-7-11-30(12-8-20)37(33,34)23(16-22(31)28-32)9-13-29(14-10-23)17-21-2-1-15-35-21/h1-6,15,20,32H,7-14,16-17H2,(H,28,31). The van der Waals surface area contributed by atoms with Gasteiger partial charge in [-0.25, -0.2) is 18.2 Å². The van der Waals surface area contributed by atoms with Crippen molar-refractivity contribution in [2.75, 3.05) is 26.2 Å². The monoisotopic (exact) mass is 545 g/mol. The molecular weight excluding hydrogens is 515 g/mol. The topological polar surface area (TPSA) is 112 Å². The van der Waals surface area contributed by atoms with E-state index in [-0.39, 0.29) is 44.2 Å². The maximum absolute atomic E-state index is 13.8. The number of hydroxylamine groups is 1. The quantitative estimate of drug-likeness (QED) is 0.386. The SMILES string of the molecule is O=C(CC1(S(=O)(=O)N2CCC(Oc3ccc(C(F)(F)F)cc3)CC2)CCN(Cc2ccco2)CC1)NO. The van der Waals surface area contributed by atoms with Gasteiger partial charge in [0.25, 0.3) is 0 Å². The van der Waals surface area contributed by atoms with Crippen LogP contribution in [0.2, 0.25) is 0 Å². The highest BCUT2D eigenvalue weighted by Crippen LogP contribution is 2.38. The van der Waals surface area contributed by atoms with Crippen molar-refractivity contribution in [1.82, 2.24) is 14.7 Å². The van der Waals surface area contributed by atoms with Gasteiger partial charge in [-0.2, -0.15) is 13.2 Å². The molecule has 0 unspecified atom stereocenters. The molecule has 0 radical (unpaired) electrons. The van der Waals surface area contributed by atoms with Crippen molar-refractivity contribution in [3.63, 3.8) is 0 Å². The van der Waals surface area contributed by atoms with Crippen molar-refractivity contribution in [2.24, 2.45) is 0 Å². The number of alkyl halides is 3. The van der Waals surface area contributed by atoms with Gasteiger partial charge >= 0.3 is 6.18 Å². The number of furan rings is 1. The Morgan fingerprint density at radius 2 is 1.76 bits per heavy atom. The molecule has 9 nitrogen and oxygen atoms in total. The van der Waals surface area contributed by atoms with Crippen LogP contribution in [0, 0.1) is 0 Å². The normalized spacial score (nSPS) is 20.0. The van der Waals surface area contributed by atoms with E-state index in [0.717, 1.165) is 17.9 Å². The molecule has 2 fully saturated rings. The molecule has 0 aliphatic carbocycles. The molecule has 2 saturated heterocycles. The summed E-state index contributed by atoms with van der Waals surface area (Å²) in [6.07, 6.45) is -2.44. The lowest BCUT2D eigenvalue weighted by molar-refractivity contribution is -0.137. The van der Waals surface area contributed by atoms with E-state index in [2.05, 4.69) is 4.90 Å². The van der Waals surface area contributed by atoms with Crippen molar-refractivity contribution in [3.8, 4) is 5.75 Å². The first-order chi connectivity index (χ1) is 17.5. The Labute approximate surface area is 213 Å². The number of rotatable bonds is 8. The minimum absolute atomic E-state index is 0.159. The predicted molar refractivity (Wildman–Crippen MR) is 126 cm³/mol. The van der Waals surface area contributed by atoms with Gasteiger partial charge in [0, 0.05) is 32.6 Å². The lowest BCUT2D eigenvalue weighted by atomic mass is 9.92. The smallest absolute Gasteiger partial charge is 0.416 e. The van der Waals surface area contributed by atoms with E-state index >= 15 is 0 Å². The highest BCUT2D eigenvalue weighted by atomic mass is 32.2. The van der Waals surface area contributed by atoms with E-state index in [9.17, 15) is 26.4 Å². The Morgan fingerprint density at radius 1 is 1.11 bits per heavy atom. The minimum atomic E-state index is -4.43. The minimum Gasteiger partial charge on any atom is -0.490 e. The number of likely N-dealkylation sites (tertiary alicyclic amines) is 1. The number of halogens is 3. The summed E-state index contributed by atoms with van der Waals surface area (Å²) in [6, 6.07) is 8.03. The molecule has 1 aromatic carbocycles. The average molecular weight is 546 g/mol. The van der Waals surface area contributed by atoms with E-state index in [1.165, 1.54) is 16.4 Å². The summed E-state index contributed by atoms with van der Waals surface area (Å²) in [4.78, 5) is 14.2. The number of carbonyl (C=O) groups excluding carboxylic acids is 1. The van der Waals surface area contributed by atoms with Crippen LogP contribution >= 0.6 is 0 Å². The van der Waals surface area contributed by atoms with Gasteiger partial charge in [0.15, 0.2) is 0 Å². The Bertz CT molecular complexity index is 1140. The molecule has 0 saturated carbocycles. The average Bonchev–Trinajstić information content (AvgIpc) is 3.38. The molecule has 0 atom stereocenters. The van der Waals surface area contributed by atoms with E-state index in [4.69, 9.17) is 14.4 Å². The van der Waals surface area contributed by atoms with Crippen molar-refractivity contribution < 1.29 is 40.7 Å². The second-order valence-corrected chi connectivity index (χ2v) is 11.8. The number of sulfonamides is 1. The molecule has 1 amide bonds. The van der Waals surface area contributed by atoms with Gasteiger partial charge in [0.1, 0.15) is 17.6 Å². The number of piperidine rings is 2. The first-order valence-electron chi connectivity index (χ1n) is 12.0. The summed E-state index contributed by atoms with van der Waals surface area (Å²) in [5.41, 5.74) is 0.796. The Morgan fingerprint density at radius 3 is 2.30 bits per heavy atom. The molecule has 2 aromatic rings.